The number of nitrogens with zero attached hydrogens (tertiary/aromatic N) is 1. The van der Waals surface area contributed by atoms with Gasteiger partial charge in [-0.3, -0.25) is 5.10 Å². The highest BCUT2D eigenvalue weighted by atomic mass is 35.5. The smallest absolute Gasteiger partial charge is 0.0522 e. The first kappa shape index (κ1) is 12.8. The third-order valence-electron chi connectivity index (χ3n) is 2.46. The highest BCUT2D eigenvalue weighted by Crippen LogP contribution is 2.22. The molecule has 2 rings (SSSR count). The highest BCUT2D eigenvalue weighted by Gasteiger charge is 2.18. The molecule has 1 atom stereocenters. The maximum atomic E-state index is 5.59. The molecule has 5 heteroatoms. The molecule has 0 fully saturated rings. The number of H-pyrrole nitrogens is 1. The molecule has 1 aromatic rings. The van der Waals surface area contributed by atoms with Gasteiger partial charge in [0.25, 0.3) is 0 Å². The van der Waals surface area contributed by atoms with Gasteiger partial charge in [0, 0.05) is 5.69 Å². The van der Waals surface area contributed by atoms with E-state index in [1.54, 1.807) is 0 Å². The Labute approximate surface area is 90.3 Å². The Balaban J connectivity index is 0.000000720. The number of nitrogens with one attached hydrogen (secondary N) is 1. The van der Waals surface area contributed by atoms with E-state index in [9.17, 15) is 0 Å². The van der Waals surface area contributed by atoms with Crippen molar-refractivity contribution in [2.75, 3.05) is 6.54 Å². The summed E-state index contributed by atoms with van der Waals surface area (Å²) >= 11 is 0. The van der Waals surface area contributed by atoms with Crippen LogP contribution >= 0.6 is 24.8 Å². The quantitative estimate of drug-likeness (QED) is 0.755. The number of aromatic nitrogens is 2. The molecule has 0 bridgehead atoms. The second kappa shape index (κ2) is 5.47. The number of hydrogen-bond acceptors (Lipinski definition) is 2. The van der Waals surface area contributed by atoms with Gasteiger partial charge in [-0.15, -0.1) is 24.8 Å². The SMILES string of the molecule is Cl.Cl.NCC1CCc2cn[nH]c2C1. The largest absolute Gasteiger partial charge is 0.330 e. The summed E-state index contributed by atoms with van der Waals surface area (Å²) in [4.78, 5) is 0. The molecule has 0 radical (unpaired) electrons. The van der Waals surface area contributed by atoms with E-state index < -0.39 is 0 Å². The average molecular weight is 224 g/mol. The minimum absolute atomic E-state index is 0. The lowest BCUT2D eigenvalue weighted by molar-refractivity contribution is 0.464. The molecular formula is C8H15Cl2N3. The van der Waals surface area contributed by atoms with Crippen molar-refractivity contribution in [2.45, 2.75) is 19.3 Å². The number of halogens is 2. The van der Waals surface area contributed by atoms with Crippen LogP contribution in [0.3, 0.4) is 0 Å². The first-order chi connectivity index (χ1) is 5.40. The van der Waals surface area contributed by atoms with E-state index in [2.05, 4.69) is 10.2 Å². The van der Waals surface area contributed by atoms with E-state index in [4.69, 9.17) is 5.73 Å². The predicted molar refractivity (Wildman–Crippen MR) is 57.7 cm³/mol. The summed E-state index contributed by atoms with van der Waals surface area (Å²) in [6, 6.07) is 0. The van der Waals surface area contributed by atoms with Crippen molar-refractivity contribution in [1.29, 1.82) is 0 Å². The average Bonchev–Trinajstić information content (AvgIpc) is 2.50. The van der Waals surface area contributed by atoms with Crippen LogP contribution < -0.4 is 5.73 Å². The van der Waals surface area contributed by atoms with Gasteiger partial charge in [-0.1, -0.05) is 0 Å². The second-order valence-electron chi connectivity index (χ2n) is 3.22. The van der Waals surface area contributed by atoms with Crippen molar-refractivity contribution in [3.05, 3.63) is 17.5 Å². The summed E-state index contributed by atoms with van der Waals surface area (Å²) in [5.41, 5.74) is 8.28. The van der Waals surface area contributed by atoms with Crippen LogP contribution in [0.2, 0.25) is 0 Å². The summed E-state index contributed by atoms with van der Waals surface area (Å²) < 4.78 is 0. The molecule has 1 unspecified atom stereocenters. The highest BCUT2D eigenvalue weighted by molar-refractivity contribution is 5.85. The molecule has 3 nitrogen and oxygen atoms in total. The van der Waals surface area contributed by atoms with Crippen LogP contribution in [0.15, 0.2) is 6.20 Å². The molecule has 0 aromatic carbocycles. The van der Waals surface area contributed by atoms with Crippen LogP contribution in [0, 0.1) is 5.92 Å². The van der Waals surface area contributed by atoms with Gasteiger partial charge in [0.1, 0.15) is 0 Å². The van der Waals surface area contributed by atoms with Crippen molar-refractivity contribution in [3.63, 3.8) is 0 Å². The van der Waals surface area contributed by atoms with E-state index in [0.29, 0.717) is 5.92 Å². The van der Waals surface area contributed by atoms with Gasteiger partial charge in [0.15, 0.2) is 0 Å². The molecular weight excluding hydrogens is 209 g/mol. The maximum absolute atomic E-state index is 5.59. The topological polar surface area (TPSA) is 54.7 Å². The number of nitrogens with two attached hydrogens (primary N) is 1. The lowest BCUT2D eigenvalue weighted by Gasteiger charge is -2.19. The Kier molecular flexibility index (Phi) is 5.37. The number of fused-ring (bicyclic) bond motifs is 1. The zero-order valence-corrected chi connectivity index (χ0v) is 8.96. The Morgan fingerprint density at radius 3 is 3.00 bits per heavy atom. The van der Waals surface area contributed by atoms with Crippen LogP contribution in [0.25, 0.3) is 0 Å². The zero-order chi connectivity index (χ0) is 7.68. The fraction of sp³-hybridized carbons (Fsp3) is 0.625. The van der Waals surface area contributed by atoms with Gasteiger partial charge in [0.2, 0.25) is 0 Å². The molecule has 3 N–H and O–H groups in total. The van der Waals surface area contributed by atoms with Gasteiger partial charge < -0.3 is 5.73 Å². The summed E-state index contributed by atoms with van der Waals surface area (Å²) in [7, 11) is 0. The summed E-state index contributed by atoms with van der Waals surface area (Å²) in [6.07, 6.45) is 5.39. The van der Waals surface area contributed by atoms with E-state index >= 15 is 0 Å². The van der Waals surface area contributed by atoms with Crippen molar-refractivity contribution in [3.8, 4) is 0 Å². The predicted octanol–water partition coefficient (Wildman–Crippen LogP) is 1.32. The molecule has 0 spiro atoms. The van der Waals surface area contributed by atoms with Crippen molar-refractivity contribution in [2.24, 2.45) is 11.7 Å². The van der Waals surface area contributed by atoms with Crippen LogP contribution in [-0.4, -0.2) is 16.7 Å². The molecule has 0 saturated heterocycles. The van der Waals surface area contributed by atoms with E-state index in [1.165, 1.54) is 17.7 Å². The molecule has 0 aliphatic heterocycles. The number of hydrogen-bond donors (Lipinski definition) is 2. The number of aryl methyl sites for hydroxylation is 1. The van der Waals surface area contributed by atoms with Gasteiger partial charge in [-0.05, 0) is 37.3 Å². The Bertz CT molecular complexity index is 249. The Morgan fingerprint density at radius 1 is 1.54 bits per heavy atom. The molecule has 1 aliphatic carbocycles. The first-order valence-electron chi connectivity index (χ1n) is 4.11. The summed E-state index contributed by atoms with van der Waals surface area (Å²) in [5.74, 6) is 0.669. The summed E-state index contributed by atoms with van der Waals surface area (Å²) in [5, 5.41) is 7.02. The lowest BCUT2D eigenvalue weighted by atomic mass is 9.88. The third-order valence-corrected chi connectivity index (χ3v) is 2.46. The van der Waals surface area contributed by atoms with Crippen molar-refractivity contribution < 1.29 is 0 Å². The van der Waals surface area contributed by atoms with Crippen molar-refractivity contribution >= 4 is 24.8 Å². The van der Waals surface area contributed by atoms with E-state index in [1.807, 2.05) is 6.20 Å². The third kappa shape index (κ3) is 2.59. The summed E-state index contributed by atoms with van der Waals surface area (Å²) in [6.45, 7) is 0.804. The van der Waals surface area contributed by atoms with E-state index in [-0.39, 0.29) is 24.8 Å². The first-order valence-corrected chi connectivity index (χ1v) is 4.11. The van der Waals surface area contributed by atoms with Crippen LogP contribution in [0.4, 0.5) is 0 Å². The molecule has 0 saturated carbocycles. The standard InChI is InChI=1S/C8H13N3.2ClH/c9-4-6-1-2-7-5-10-11-8(7)3-6;;/h5-6H,1-4,9H2,(H,10,11);2*1H. The van der Waals surface area contributed by atoms with Crippen LogP contribution in [0.1, 0.15) is 17.7 Å². The zero-order valence-electron chi connectivity index (χ0n) is 7.32. The maximum Gasteiger partial charge on any atom is 0.0522 e. The van der Waals surface area contributed by atoms with E-state index in [0.717, 1.165) is 19.4 Å². The molecule has 1 heterocycles. The molecule has 76 valence electrons. The normalized spacial score (nSPS) is 19.6. The Morgan fingerprint density at radius 2 is 2.31 bits per heavy atom. The van der Waals surface area contributed by atoms with Gasteiger partial charge >= 0.3 is 0 Å². The molecule has 13 heavy (non-hydrogen) atoms. The molecule has 1 aromatic heterocycles. The lowest BCUT2D eigenvalue weighted by Crippen LogP contribution is -2.21. The fourth-order valence-corrected chi connectivity index (χ4v) is 1.68. The van der Waals surface area contributed by atoms with Gasteiger partial charge in [-0.2, -0.15) is 5.10 Å². The van der Waals surface area contributed by atoms with Gasteiger partial charge in [-0.25, -0.2) is 0 Å². The minimum atomic E-state index is 0. The second-order valence-corrected chi connectivity index (χ2v) is 3.22. The number of aromatic amines is 1. The minimum Gasteiger partial charge on any atom is -0.330 e. The molecule has 1 aliphatic rings. The Hall–Kier alpha value is -0.250. The molecule has 0 amide bonds. The van der Waals surface area contributed by atoms with Crippen LogP contribution in [0.5, 0.6) is 0 Å². The van der Waals surface area contributed by atoms with Crippen molar-refractivity contribution in [1.82, 2.24) is 10.2 Å². The number of rotatable bonds is 1. The monoisotopic (exact) mass is 223 g/mol. The fourth-order valence-electron chi connectivity index (χ4n) is 1.68. The van der Waals surface area contributed by atoms with Gasteiger partial charge in [0.05, 0.1) is 6.20 Å². The van der Waals surface area contributed by atoms with Crippen LogP contribution in [-0.2, 0) is 12.8 Å².